The number of hydrogen-bond acceptors (Lipinski definition) is 3. The fraction of sp³-hybridized carbons (Fsp3) is 0.200. The second-order valence-electron chi connectivity index (χ2n) is 4.54. The molecule has 0 fully saturated rings. The van der Waals surface area contributed by atoms with Gasteiger partial charge >= 0.3 is 0 Å². The number of nitro benzene ring substituents is 1. The highest BCUT2D eigenvalue weighted by atomic mass is 79.9. The highest BCUT2D eigenvalue weighted by Crippen LogP contribution is 2.21. The predicted octanol–water partition coefficient (Wildman–Crippen LogP) is 4.21. The number of nitrogens with zero attached hydrogens (tertiary/aromatic N) is 1. The summed E-state index contributed by atoms with van der Waals surface area (Å²) in [5, 5.41) is 14.3. The molecular weight excluding hydrogens is 320 g/mol. The molecule has 0 saturated heterocycles. The molecule has 0 aliphatic rings. The van der Waals surface area contributed by atoms with Crippen LogP contribution < -0.4 is 5.32 Å². The van der Waals surface area contributed by atoms with Crippen molar-refractivity contribution in [1.82, 2.24) is 5.32 Å². The van der Waals surface area contributed by atoms with Crippen LogP contribution in [0.2, 0.25) is 0 Å². The normalized spacial score (nSPS) is 12.1. The number of nitro groups is 1. The zero-order valence-electron chi connectivity index (χ0n) is 11.0. The van der Waals surface area contributed by atoms with Crippen LogP contribution in [0.25, 0.3) is 0 Å². The average molecular weight is 335 g/mol. The lowest BCUT2D eigenvalue weighted by Gasteiger charge is -2.14. The van der Waals surface area contributed by atoms with Gasteiger partial charge in [-0.05, 0) is 24.6 Å². The summed E-state index contributed by atoms with van der Waals surface area (Å²) in [6, 6.07) is 14.9. The van der Waals surface area contributed by atoms with Crippen LogP contribution in [0.5, 0.6) is 0 Å². The van der Waals surface area contributed by atoms with Crippen molar-refractivity contribution in [1.29, 1.82) is 0 Å². The molecule has 5 heteroatoms. The molecule has 0 bridgehead atoms. The van der Waals surface area contributed by atoms with Gasteiger partial charge in [0, 0.05) is 28.7 Å². The number of halogens is 1. The van der Waals surface area contributed by atoms with Crippen LogP contribution in [-0.4, -0.2) is 4.92 Å². The second-order valence-corrected chi connectivity index (χ2v) is 5.46. The summed E-state index contributed by atoms with van der Waals surface area (Å²) in [7, 11) is 0. The van der Waals surface area contributed by atoms with Gasteiger partial charge in [0.1, 0.15) is 0 Å². The van der Waals surface area contributed by atoms with Gasteiger partial charge in [-0.1, -0.05) is 46.3 Å². The van der Waals surface area contributed by atoms with E-state index in [0.717, 1.165) is 10.0 Å². The molecule has 104 valence electrons. The van der Waals surface area contributed by atoms with E-state index in [1.165, 1.54) is 6.07 Å². The van der Waals surface area contributed by atoms with E-state index in [4.69, 9.17) is 0 Å². The van der Waals surface area contributed by atoms with E-state index in [-0.39, 0.29) is 16.7 Å². The Morgan fingerprint density at radius 1 is 1.25 bits per heavy atom. The Hall–Kier alpha value is -1.72. The van der Waals surface area contributed by atoms with Crippen LogP contribution in [0, 0.1) is 10.1 Å². The summed E-state index contributed by atoms with van der Waals surface area (Å²) in [5.41, 5.74) is 1.98. The minimum atomic E-state index is -0.346. The van der Waals surface area contributed by atoms with E-state index >= 15 is 0 Å². The van der Waals surface area contributed by atoms with Crippen molar-refractivity contribution in [3.05, 3.63) is 74.2 Å². The Balaban J connectivity index is 2.07. The molecule has 0 aliphatic carbocycles. The van der Waals surface area contributed by atoms with Crippen LogP contribution in [0.15, 0.2) is 53.0 Å². The molecule has 2 aromatic carbocycles. The van der Waals surface area contributed by atoms with E-state index in [1.54, 1.807) is 12.1 Å². The molecule has 0 heterocycles. The topological polar surface area (TPSA) is 55.2 Å². The first-order valence-corrected chi connectivity index (χ1v) is 7.08. The van der Waals surface area contributed by atoms with Gasteiger partial charge < -0.3 is 5.32 Å². The number of rotatable bonds is 5. The Morgan fingerprint density at radius 2 is 2.00 bits per heavy atom. The highest BCUT2D eigenvalue weighted by Gasteiger charge is 2.13. The van der Waals surface area contributed by atoms with Crippen molar-refractivity contribution in [2.45, 2.75) is 19.5 Å². The van der Waals surface area contributed by atoms with Crippen LogP contribution in [0.1, 0.15) is 24.1 Å². The average Bonchev–Trinajstić information content (AvgIpc) is 2.45. The highest BCUT2D eigenvalue weighted by molar-refractivity contribution is 9.10. The van der Waals surface area contributed by atoms with E-state index < -0.39 is 0 Å². The minimum Gasteiger partial charge on any atom is -0.306 e. The van der Waals surface area contributed by atoms with Gasteiger partial charge in [-0.3, -0.25) is 10.1 Å². The molecule has 0 unspecified atom stereocenters. The molecule has 0 spiro atoms. The molecule has 2 rings (SSSR count). The number of benzene rings is 2. The largest absolute Gasteiger partial charge is 0.306 e. The van der Waals surface area contributed by atoms with Gasteiger partial charge in [0.25, 0.3) is 5.69 Å². The molecular formula is C15H15BrN2O2. The maximum absolute atomic E-state index is 11.0. The maximum Gasteiger partial charge on any atom is 0.273 e. The third-order valence-corrected chi connectivity index (χ3v) is 3.63. The zero-order valence-corrected chi connectivity index (χ0v) is 12.6. The molecule has 20 heavy (non-hydrogen) atoms. The summed E-state index contributed by atoms with van der Waals surface area (Å²) in [6.45, 7) is 2.50. The van der Waals surface area contributed by atoms with Gasteiger partial charge in [0.2, 0.25) is 0 Å². The lowest BCUT2D eigenvalue weighted by molar-refractivity contribution is -0.385. The van der Waals surface area contributed by atoms with Gasteiger partial charge in [-0.15, -0.1) is 0 Å². The number of hydrogen-bond donors (Lipinski definition) is 1. The molecule has 1 N–H and O–H groups in total. The van der Waals surface area contributed by atoms with Crippen molar-refractivity contribution in [2.24, 2.45) is 0 Å². The fourth-order valence-corrected chi connectivity index (χ4v) is 2.41. The summed E-state index contributed by atoms with van der Waals surface area (Å²) in [6.07, 6.45) is 0. The molecule has 4 nitrogen and oxygen atoms in total. The van der Waals surface area contributed by atoms with Crippen LogP contribution in [0.3, 0.4) is 0 Å². The van der Waals surface area contributed by atoms with Crippen molar-refractivity contribution in [3.8, 4) is 0 Å². The lowest BCUT2D eigenvalue weighted by atomic mass is 10.1. The van der Waals surface area contributed by atoms with E-state index in [1.807, 2.05) is 37.3 Å². The molecule has 0 aromatic heterocycles. The molecule has 2 aromatic rings. The van der Waals surface area contributed by atoms with Crippen molar-refractivity contribution in [3.63, 3.8) is 0 Å². The van der Waals surface area contributed by atoms with Crippen LogP contribution in [-0.2, 0) is 6.54 Å². The molecule has 0 saturated carbocycles. The summed E-state index contributed by atoms with van der Waals surface area (Å²) in [4.78, 5) is 10.6. The summed E-state index contributed by atoms with van der Waals surface area (Å²) >= 11 is 3.44. The Morgan fingerprint density at radius 3 is 2.70 bits per heavy atom. The third-order valence-electron chi connectivity index (χ3n) is 3.14. The molecule has 0 aliphatic heterocycles. The maximum atomic E-state index is 11.0. The number of nitrogens with one attached hydrogen (secondary N) is 1. The van der Waals surface area contributed by atoms with Crippen molar-refractivity contribution >= 4 is 21.6 Å². The first-order valence-electron chi connectivity index (χ1n) is 6.29. The SMILES string of the molecule is C[C@H](NCc1ccccc1[N+](=O)[O-])c1cccc(Br)c1. The quantitative estimate of drug-likeness (QED) is 0.658. The van der Waals surface area contributed by atoms with Gasteiger partial charge in [-0.2, -0.15) is 0 Å². The van der Waals surface area contributed by atoms with Gasteiger partial charge in [-0.25, -0.2) is 0 Å². The van der Waals surface area contributed by atoms with Crippen LogP contribution >= 0.6 is 15.9 Å². The fourth-order valence-electron chi connectivity index (χ4n) is 2.00. The molecule has 0 amide bonds. The summed E-state index contributed by atoms with van der Waals surface area (Å²) < 4.78 is 1.02. The molecule has 0 radical (unpaired) electrons. The van der Waals surface area contributed by atoms with Crippen molar-refractivity contribution < 1.29 is 4.92 Å². The second kappa shape index (κ2) is 6.63. The minimum absolute atomic E-state index is 0.118. The monoisotopic (exact) mass is 334 g/mol. The first-order chi connectivity index (χ1) is 9.58. The standard InChI is InChI=1S/C15H15BrN2O2/c1-11(12-6-4-7-14(16)9-12)17-10-13-5-2-3-8-15(13)18(19)20/h2-9,11,17H,10H2,1H3/t11-/m0/s1. The Labute approximate surface area is 126 Å². The Kier molecular flexibility index (Phi) is 4.87. The molecule has 1 atom stereocenters. The van der Waals surface area contributed by atoms with E-state index in [0.29, 0.717) is 12.1 Å². The summed E-state index contributed by atoms with van der Waals surface area (Å²) in [5.74, 6) is 0. The van der Waals surface area contributed by atoms with Gasteiger partial charge in [0.15, 0.2) is 0 Å². The zero-order chi connectivity index (χ0) is 14.5. The lowest BCUT2D eigenvalue weighted by Crippen LogP contribution is -2.18. The number of para-hydroxylation sites is 1. The van der Waals surface area contributed by atoms with E-state index in [9.17, 15) is 10.1 Å². The smallest absolute Gasteiger partial charge is 0.273 e. The van der Waals surface area contributed by atoms with Crippen molar-refractivity contribution in [2.75, 3.05) is 0 Å². The predicted molar refractivity (Wildman–Crippen MR) is 82.5 cm³/mol. The van der Waals surface area contributed by atoms with Gasteiger partial charge in [0.05, 0.1) is 4.92 Å². The Bertz CT molecular complexity index is 616. The first kappa shape index (κ1) is 14.7. The van der Waals surface area contributed by atoms with Crippen LogP contribution in [0.4, 0.5) is 5.69 Å². The van der Waals surface area contributed by atoms with E-state index in [2.05, 4.69) is 21.2 Å². The third kappa shape index (κ3) is 3.65.